The molecule has 0 saturated heterocycles. The zero-order valence-electron chi connectivity index (χ0n) is 40.2. The Bertz CT molecular complexity index is 1060. The van der Waals surface area contributed by atoms with Crippen molar-refractivity contribution < 1.29 is 5.11 Å². The van der Waals surface area contributed by atoms with Crippen molar-refractivity contribution in [1.29, 1.82) is 0 Å². The van der Waals surface area contributed by atoms with Crippen molar-refractivity contribution in [3.63, 3.8) is 0 Å². The van der Waals surface area contributed by atoms with Crippen LogP contribution in [0.1, 0.15) is 211 Å². The van der Waals surface area contributed by atoms with E-state index in [9.17, 15) is 0 Å². The Kier molecular flexibility index (Phi) is 47.8. The highest BCUT2D eigenvalue weighted by atomic mass is 16.3. The summed E-state index contributed by atoms with van der Waals surface area (Å²) in [6, 6.07) is 7.04. The Labute approximate surface area is 347 Å². The number of benzene rings is 1. The molecule has 0 amide bonds. The lowest BCUT2D eigenvalue weighted by Crippen LogP contribution is -2.16. The number of rotatable bonds is 22. The number of aryl methyl sites for hydroxylation is 1. The fraction of sp³-hybridized carbons (Fsp3) is 0.692. The molecule has 0 aliphatic rings. The first-order valence-corrected chi connectivity index (χ1v) is 22.4. The second-order valence-electron chi connectivity index (χ2n) is 16.6. The van der Waals surface area contributed by atoms with E-state index in [-0.39, 0.29) is 12.0 Å². The van der Waals surface area contributed by atoms with E-state index < -0.39 is 0 Å². The van der Waals surface area contributed by atoms with Gasteiger partial charge in [0.05, 0.1) is 0 Å². The quantitative estimate of drug-likeness (QED) is 0.0813. The highest BCUT2D eigenvalue weighted by molar-refractivity contribution is 5.71. The molecule has 0 aliphatic heterocycles. The van der Waals surface area contributed by atoms with Gasteiger partial charge in [-0.05, 0) is 110 Å². The second kappa shape index (κ2) is 42.6. The van der Waals surface area contributed by atoms with Gasteiger partial charge in [0.2, 0.25) is 0 Å². The van der Waals surface area contributed by atoms with Crippen LogP contribution < -0.4 is 11.1 Å². The van der Waals surface area contributed by atoms with Gasteiger partial charge in [0.25, 0.3) is 0 Å². The van der Waals surface area contributed by atoms with Gasteiger partial charge in [0.1, 0.15) is 0 Å². The first-order chi connectivity index (χ1) is 25.9. The van der Waals surface area contributed by atoms with Gasteiger partial charge in [-0.15, -0.1) is 6.58 Å². The van der Waals surface area contributed by atoms with Crippen LogP contribution >= 0.6 is 0 Å². The molecule has 1 rings (SSSR count). The van der Waals surface area contributed by atoms with Crippen LogP contribution in [0.4, 0.5) is 0 Å². The molecule has 4 N–H and O–H groups in total. The van der Waals surface area contributed by atoms with Crippen LogP contribution in [0.25, 0.3) is 11.3 Å². The summed E-state index contributed by atoms with van der Waals surface area (Å²) in [7, 11) is 0. The first kappa shape index (κ1) is 61.7. The largest absolute Gasteiger partial charge is 0.405 e. The van der Waals surface area contributed by atoms with E-state index in [1.807, 2.05) is 19.9 Å². The third-order valence-electron chi connectivity index (χ3n) is 8.89. The van der Waals surface area contributed by atoms with E-state index in [1.165, 1.54) is 99.2 Å². The molecule has 0 aliphatic carbocycles. The molecule has 0 fully saturated rings. The summed E-state index contributed by atoms with van der Waals surface area (Å²) in [5, 5.41) is 12.2. The van der Waals surface area contributed by atoms with Gasteiger partial charge >= 0.3 is 0 Å². The Morgan fingerprint density at radius 2 is 1.31 bits per heavy atom. The third kappa shape index (κ3) is 45.8. The summed E-state index contributed by atoms with van der Waals surface area (Å²) < 4.78 is 0. The topological polar surface area (TPSA) is 58.3 Å². The van der Waals surface area contributed by atoms with Crippen LogP contribution in [0.5, 0.6) is 0 Å². The molecule has 0 heterocycles. The van der Waals surface area contributed by atoms with Gasteiger partial charge in [-0.2, -0.15) is 0 Å². The molecule has 0 radical (unpaired) electrons. The van der Waals surface area contributed by atoms with Crippen molar-refractivity contribution in [2.24, 2.45) is 28.4 Å². The molecule has 0 saturated carbocycles. The number of hydrogen-bond donors (Lipinski definition) is 3. The summed E-state index contributed by atoms with van der Waals surface area (Å²) in [4.78, 5) is 0. The smallest absolute Gasteiger partial charge is 0.0439 e. The lowest BCUT2D eigenvalue weighted by Gasteiger charge is -2.18. The molecule has 3 heteroatoms. The number of aliphatic hydroxyl groups excluding tert-OH is 1. The molecule has 0 aromatic heterocycles. The van der Waals surface area contributed by atoms with Crippen molar-refractivity contribution in [3.05, 3.63) is 85.1 Å². The SMILES string of the molecule is C=C(C)c1cc(CCCCCCCC)cc(/C(=C/CC)NCCC(C)C)c1.C=CC(C)(C)CCO.C=CN.CC.CC/C=C/C(C)(C)CCC.CCC(C)C. The van der Waals surface area contributed by atoms with Gasteiger partial charge in [-0.1, -0.05) is 198 Å². The Hall–Kier alpha value is -2.52. The minimum absolute atomic E-state index is 0.106. The van der Waals surface area contributed by atoms with E-state index in [0.29, 0.717) is 5.41 Å². The van der Waals surface area contributed by atoms with E-state index in [4.69, 9.17) is 5.11 Å². The third-order valence-corrected chi connectivity index (χ3v) is 8.89. The molecule has 0 atom stereocenters. The predicted molar refractivity (Wildman–Crippen MR) is 259 cm³/mol. The van der Waals surface area contributed by atoms with Crippen LogP contribution in [0, 0.1) is 22.7 Å². The van der Waals surface area contributed by atoms with Crippen LogP contribution in [0.3, 0.4) is 0 Å². The Morgan fingerprint density at radius 1 is 0.782 bits per heavy atom. The van der Waals surface area contributed by atoms with Gasteiger partial charge in [-0.3, -0.25) is 0 Å². The standard InChI is InChI=1S/C26H43N.C10H20.C7H14O.C5H12.C2H5N.C2H6/c1-7-9-10-11-12-13-15-23-18-24(22(5)6)20-25(19-23)26(14-8-2)27-17-16-21(3)4;1-5-7-9-10(3,4)8-6-2;1-4-7(2,3)5-6-8;1-4-5(2)3;1-2-3;1-2/h14,18-21,27H,5,7-13,15-17H2,1-4,6H3;7,9H,5-6,8H2,1-4H3;4,8H,1,5-6H2,2-3H3;5H,4H2,1-3H3;2H,1,3H2;1-2H3/b26-14-;9-7+;;;;. The number of nitrogens with two attached hydrogens (primary N) is 1. The maximum absolute atomic E-state index is 8.49. The highest BCUT2D eigenvalue weighted by Crippen LogP contribution is 2.25. The summed E-state index contributed by atoms with van der Waals surface area (Å²) >= 11 is 0. The fourth-order valence-electron chi connectivity index (χ4n) is 4.89. The van der Waals surface area contributed by atoms with Crippen molar-refractivity contribution in [1.82, 2.24) is 5.32 Å². The van der Waals surface area contributed by atoms with Crippen LogP contribution in [0.2, 0.25) is 0 Å². The van der Waals surface area contributed by atoms with Crippen molar-refractivity contribution in [3.8, 4) is 0 Å². The van der Waals surface area contributed by atoms with Crippen molar-refractivity contribution >= 4 is 11.3 Å². The molecule has 1 aromatic rings. The molecular weight excluding hydrogens is 669 g/mol. The summed E-state index contributed by atoms with van der Waals surface area (Å²) in [5.74, 6) is 1.61. The molecule has 1 aromatic carbocycles. The van der Waals surface area contributed by atoms with Gasteiger partial charge in [-0.25, -0.2) is 0 Å². The predicted octanol–water partition coefficient (Wildman–Crippen LogP) is 16.5. The van der Waals surface area contributed by atoms with Crippen LogP contribution in [-0.2, 0) is 6.42 Å². The van der Waals surface area contributed by atoms with Crippen molar-refractivity contribution in [2.75, 3.05) is 13.2 Å². The number of aliphatic hydroxyl groups is 1. The Morgan fingerprint density at radius 3 is 1.71 bits per heavy atom. The number of allylic oxidation sites excluding steroid dienone is 5. The summed E-state index contributed by atoms with van der Waals surface area (Å²) in [5.41, 5.74) is 11.6. The zero-order valence-corrected chi connectivity index (χ0v) is 40.2. The van der Waals surface area contributed by atoms with E-state index >= 15 is 0 Å². The van der Waals surface area contributed by atoms with Crippen molar-refractivity contribution in [2.45, 2.75) is 201 Å². The Balaban J connectivity index is -0.000000242. The minimum atomic E-state index is 0.106. The molecule has 0 unspecified atom stereocenters. The first-order valence-electron chi connectivity index (χ1n) is 22.4. The van der Waals surface area contributed by atoms with E-state index in [1.54, 1.807) is 0 Å². The van der Waals surface area contributed by atoms with Crippen LogP contribution in [0.15, 0.2) is 68.4 Å². The van der Waals surface area contributed by atoms with E-state index in [2.05, 4.69) is 164 Å². The number of hydrogen-bond acceptors (Lipinski definition) is 3. The fourth-order valence-corrected chi connectivity index (χ4v) is 4.89. The molecule has 55 heavy (non-hydrogen) atoms. The number of unbranched alkanes of at least 4 members (excludes halogenated alkanes) is 5. The minimum Gasteiger partial charge on any atom is -0.405 e. The van der Waals surface area contributed by atoms with Crippen LogP contribution in [-0.4, -0.2) is 18.3 Å². The number of nitrogens with one attached hydrogen (secondary N) is 1. The van der Waals surface area contributed by atoms with Gasteiger partial charge in [0, 0.05) is 18.8 Å². The zero-order chi connectivity index (χ0) is 43.7. The normalized spacial score (nSPS) is 11.0. The van der Waals surface area contributed by atoms with Gasteiger partial charge < -0.3 is 16.2 Å². The summed E-state index contributed by atoms with van der Waals surface area (Å²) in [6.45, 7) is 47.2. The molecule has 3 nitrogen and oxygen atoms in total. The maximum atomic E-state index is 8.49. The average molecular weight is 769 g/mol. The molecule has 0 bridgehead atoms. The molecule has 0 spiro atoms. The van der Waals surface area contributed by atoms with Gasteiger partial charge in [0.15, 0.2) is 0 Å². The maximum Gasteiger partial charge on any atom is 0.0439 e. The second-order valence-corrected chi connectivity index (χ2v) is 16.6. The summed E-state index contributed by atoms with van der Waals surface area (Å²) in [6.07, 6.45) is 27.4. The average Bonchev–Trinajstić information content (AvgIpc) is 3.13. The highest BCUT2D eigenvalue weighted by Gasteiger charge is 2.11. The van der Waals surface area contributed by atoms with E-state index in [0.717, 1.165) is 43.2 Å². The lowest BCUT2D eigenvalue weighted by molar-refractivity contribution is 0.241. The molecular formula is C52H100N2O. The monoisotopic (exact) mass is 769 g/mol. The molecule has 324 valence electrons. The lowest BCUT2D eigenvalue weighted by atomic mass is 9.87.